The van der Waals surface area contributed by atoms with Crippen molar-refractivity contribution in [3.8, 4) is 5.75 Å². The maximum Gasteiger partial charge on any atom is 0.223 e. The van der Waals surface area contributed by atoms with Crippen molar-refractivity contribution in [1.82, 2.24) is 15.1 Å². The summed E-state index contributed by atoms with van der Waals surface area (Å²) in [4.78, 5) is 14.7. The smallest absolute Gasteiger partial charge is 0.223 e. The van der Waals surface area contributed by atoms with E-state index in [0.717, 1.165) is 47.7 Å². The number of carbonyl (C=O) groups excluding carboxylic acids is 1. The summed E-state index contributed by atoms with van der Waals surface area (Å²) in [5, 5.41) is 7.29. The molecule has 2 heterocycles. The van der Waals surface area contributed by atoms with E-state index in [2.05, 4.69) is 16.3 Å². The molecule has 128 valence electrons. The fourth-order valence-corrected chi connectivity index (χ4v) is 3.41. The summed E-state index contributed by atoms with van der Waals surface area (Å²) in [6.45, 7) is 4.89. The number of hydrogen-bond donors (Lipinski definition) is 1. The number of H-pyrrole nitrogens is 1. The molecule has 1 N–H and O–H groups in total. The third-order valence-corrected chi connectivity index (χ3v) is 4.98. The number of ether oxygens (including phenoxy) is 1. The van der Waals surface area contributed by atoms with Crippen molar-refractivity contribution >= 4 is 5.91 Å². The summed E-state index contributed by atoms with van der Waals surface area (Å²) in [5.74, 6) is 1.05. The van der Waals surface area contributed by atoms with E-state index in [4.69, 9.17) is 4.74 Å². The second kappa shape index (κ2) is 7.07. The summed E-state index contributed by atoms with van der Waals surface area (Å²) >= 11 is 0. The van der Waals surface area contributed by atoms with Crippen molar-refractivity contribution in [3.63, 3.8) is 0 Å². The first-order valence-electron chi connectivity index (χ1n) is 8.54. The Labute approximate surface area is 143 Å². The van der Waals surface area contributed by atoms with Gasteiger partial charge in [-0.2, -0.15) is 5.10 Å². The Morgan fingerprint density at radius 2 is 2.25 bits per heavy atom. The zero-order valence-corrected chi connectivity index (χ0v) is 14.6. The molecule has 1 aliphatic heterocycles. The van der Waals surface area contributed by atoms with E-state index in [1.807, 2.05) is 36.9 Å². The molecular formula is C19H25N3O2. The standard InChI is InChI=1S/C19H25N3O2/c1-13-14(2)20-21-17(13)9-10-19(23)22-11-5-8-18(22)15-6-4-7-16(12-15)24-3/h4,6-7,12,18H,5,8-11H2,1-3H3,(H,20,21). The summed E-state index contributed by atoms with van der Waals surface area (Å²) in [5.41, 5.74) is 4.39. The number of aromatic amines is 1. The van der Waals surface area contributed by atoms with Crippen LogP contribution in [0.4, 0.5) is 0 Å². The number of rotatable bonds is 5. The molecule has 0 spiro atoms. The first kappa shape index (κ1) is 16.6. The minimum absolute atomic E-state index is 0.162. The fraction of sp³-hybridized carbons (Fsp3) is 0.474. The lowest BCUT2D eigenvalue weighted by Crippen LogP contribution is -2.30. The average Bonchev–Trinajstić information content (AvgIpc) is 3.21. The molecule has 1 atom stereocenters. The van der Waals surface area contributed by atoms with Crippen LogP contribution in [0.3, 0.4) is 0 Å². The van der Waals surface area contributed by atoms with Crippen LogP contribution < -0.4 is 4.74 Å². The van der Waals surface area contributed by atoms with Crippen LogP contribution in [0, 0.1) is 13.8 Å². The Morgan fingerprint density at radius 3 is 2.96 bits per heavy atom. The van der Waals surface area contributed by atoms with Gasteiger partial charge < -0.3 is 9.64 Å². The van der Waals surface area contributed by atoms with Crippen LogP contribution in [0.25, 0.3) is 0 Å². The van der Waals surface area contributed by atoms with Gasteiger partial charge in [0.1, 0.15) is 5.75 Å². The molecule has 1 aliphatic rings. The van der Waals surface area contributed by atoms with Gasteiger partial charge in [0.25, 0.3) is 0 Å². The van der Waals surface area contributed by atoms with Crippen molar-refractivity contribution in [2.24, 2.45) is 0 Å². The van der Waals surface area contributed by atoms with Crippen molar-refractivity contribution in [3.05, 3.63) is 46.8 Å². The molecule has 0 saturated carbocycles. The topological polar surface area (TPSA) is 58.2 Å². The number of benzene rings is 1. The zero-order chi connectivity index (χ0) is 17.1. The molecule has 1 fully saturated rings. The molecule has 0 aliphatic carbocycles. The highest BCUT2D eigenvalue weighted by Crippen LogP contribution is 2.34. The first-order chi connectivity index (χ1) is 11.6. The van der Waals surface area contributed by atoms with Gasteiger partial charge in [-0.25, -0.2) is 0 Å². The van der Waals surface area contributed by atoms with Crippen LogP contribution in [0.2, 0.25) is 0 Å². The van der Waals surface area contributed by atoms with Crippen molar-refractivity contribution in [2.45, 2.75) is 45.6 Å². The van der Waals surface area contributed by atoms with Crippen LogP contribution in [0.5, 0.6) is 5.75 Å². The molecule has 3 rings (SSSR count). The Kier molecular flexibility index (Phi) is 4.88. The molecule has 1 saturated heterocycles. The van der Waals surface area contributed by atoms with Crippen LogP contribution >= 0.6 is 0 Å². The number of amides is 1. The molecule has 2 aromatic rings. The van der Waals surface area contributed by atoms with E-state index in [1.165, 1.54) is 0 Å². The Morgan fingerprint density at radius 1 is 1.42 bits per heavy atom. The Hall–Kier alpha value is -2.30. The highest BCUT2D eigenvalue weighted by molar-refractivity contribution is 5.77. The maximum absolute atomic E-state index is 12.7. The minimum Gasteiger partial charge on any atom is -0.497 e. The third kappa shape index (κ3) is 3.30. The monoisotopic (exact) mass is 327 g/mol. The number of likely N-dealkylation sites (tertiary alicyclic amines) is 1. The van der Waals surface area contributed by atoms with Gasteiger partial charge in [0, 0.05) is 25.1 Å². The SMILES string of the molecule is COc1cccc(C2CCCN2C(=O)CCc2n[nH]c(C)c2C)c1. The summed E-state index contributed by atoms with van der Waals surface area (Å²) in [6, 6.07) is 8.21. The quantitative estimate of drug-likeness (QED) is 0.916. The molecule has 24 heavy (non-hydrogen) atoms. The predicted molar refractivity (Wildman–Crippen MR) is 93.1 cm³/mol. The van der Waals surface area contributed by atoms with Gasteiger partial charge in [0.05, 0.1) is 18.8 Å². The lowest BCUT2D eigenvalue weighted by Gasteiger charge is -2.25. The normalized spacial score (nSPS) is 17.3. The molecular weight excluding hydrogens is 302 g/mol. The molecule has 5 heteroatoms. The van der Waals surface area contributed by atoms with Gasteiger partial charge in [-0.15, -0.1) is 0 Å². The van der Waals surface area contributed by atoms with Crippen LogP contribution in [0.15, 0.2) is 24.3 Å². The number of nitrogens with one attached hydrogen (secondary N) is 1. The lowest BCUT2D eigenvalue weighted by molar-refractivity contribution is -0.132. The number of carbonyl (C=O) groups is 1. The minimum atomic E-state index is 0.162. The molecule has 1 aromatic heterocycles. The summed E-state index contributed by atoms with van der Waals surface area (Å²) in [7, 11) is 1.67. The first-order valence-corrected chi connectivity index (χ1v) is 8.54. The molecule has 1 unspecified atom stereocenters. The molecule has 1 amide bonds. The van der Waals surface area contributed by atoms with E-state index in [0.29, 0.717) is 12.8 Å². The number of methoxy groups -OCH3 is 1. The average molecular weight is 327 g/mol. The van der Waals surface area contributed by atoms with Gasteiger partial charge in [0.2, 0.25) is 5.91 Å². The van der Waals surface area contributed by atoms with E-state index in [9.17, 15) is 4.79 Å². The second-order valence-electron chi connectivity index (χ2n) is 6.44. The largest absolute Gasteiger partial charge is 0.497 e. The summed E-state index contributed by atoms with van der Waals surface area (Å²) in [6.07, 6.45) is 3.26. The van der Waals surface area contributed by atoms with Crippen molar-refractivity contribution in [1.29, 1.82) is 0 Å². The number of aromatic nitrogens is 2. The van der Waals surface area contributed by atoms with Crippen LogP contribution in [0.1, 0.15) is 47.8 Å². The predicted octanol–water partition coefficient (Wildman–Crippen LogP) is 3.33. The van der Waals surface area contributed by atoms with Gasteiger partial charge in [-0.1, -0.05) is 12.1 Å². The zero-order valence-electron chi connectivity index (χ0n) is 14.6. The maximum atomic E-state index is 12.7. The molecule has 0 radical (unpaired) electrons. The molecule has 5 nitrogen and oxygen atoms in total. The third-order valence-electron chi connectivity index (χ3n) is 4.98. The molecule has 1 aromatic carbocycles. The van der Waals surface area contributed by atoms with E-state index >= 15 is 0 Å². The van der Waals surface area contributed by atoms with Gasteiger partial charge in [-0.05, 0) is 49.9 Å². The van der Waals surface area contributed by atoms with Gasteiger partial charge in [0.15, 0.2) is 0 Å². The van der Waals surface area contributed by atoms with E-state index in [1.54, 1.807) is 7.11 Å². The summed E-state index contributed by atoms with van der Waals surface area (Å²) < 4.78 is 5.32. The second-order valence-corrected chi connectivity index (χ2v) is 6.44. The highest BCUT2D eigenvalue weighted by Gasteiger charge is 2.30. The molecule has 0 bridgehead atoms. The van der Waals surface area contributed by atoms with Crippen molar-refractivity contribution in [2.75, 3.05) is 13.7 Å². The van der Waals surface area contributed by atoms with Crippen LogP contribution in [-0.2, 0) is 11.2 Å². The number of nitrogens with zero attached hydrogens (tertiary/aromatic N) is 2. The Bertz CT molecular complexity index is 723. The number of hydrogen-bond acceptors (Lipinski definition) is 3. The van der Waals surface area contributed by atoms with E-state index in [-0.39, 0.29) is 11.9 Å². The fourth-order valence-electron chi connectivity index (χ4n) is 3.41. The van der Waals surface area contributed by atoms with Crippen molar-refractivity contribution < 1.29 is 9.53 Å². The van der Waals surface area contributed by atoms with E-state index < -0.39 is 0 Å². The lowest BCUT2D eigenvalue weighted by atomic mass is 10.0. The van der Waals surface area contributed by atoms with Crippen LogP contribution in [-0.4, -0.2) is 34.7 Å². The number of aryl methyl sites for hydroxylation is 2. The highest BCUT2D eigenvalue weighted by atomic mass is 16.5. The van der Waals surface area contributed by atoms with Gasteiger partial charge in [-0.3, -0.25) is 9.89 Å². The van der Waals surface area contributed by atoms with Gasteiger partial charge >= 0.3 is 0 Å². The Balaban J connectivity index is 1.68.